The van der Waals surface area contributed by atoms with Crippen LogP contribution in [0.15, 0.2) is 53.4 Å². The minimum atomic E-state index is -2.20. The quantitative estimate of drug-likeness (QED) is 0.201. The van der Waals surface area contributed by atoms with Crippen LogP contribution < -0.4 is 8.85 Å². The first-order valence-electron chi connectivity index (χ1n) is 7.88. The van der Waals surface area contributed by atoms with Crippen LogP contribution in [0.3, 0.4) is 0 Å². The molecule has 3 aromatic rings. The van der Waals surface area contributed by atoms with Crippen molar-refractivity contribution in [3.63, 3.8) is 0 Å². The number of halogens is 5. The molecule has 0 aromatic heterocycles. The van der Waals surface area contributed by atoms with Gasteiger partial charge in [0.2, 0.25) is 0 Å². The van der Waals surface area contributed by atoms with Crippen molar-refractivity contribution < 1.29 is 22.0 Å². The average Bonchev–Trinajstić information content (AvgIpc) is 2.67. The monoisotopic (exact) mass is 408 g/mol. The first-order chi connectivity index (χ1) is 12.7. The second-order valence-electron chi connectivity index (χ2n) is 5.76. The fourth-order valence-electron chi connectivity index (χ4n) is 2.25. The Balaban J connectivity index is 0.000000199. The molecular formula is C20H14AlF5S. The van der Waals surface area contributed by atoms with Crippen molar-refractivity contribution in [3.8, 4) is 0 Å². The van der Waals surface area contributed by atoms with E-state index in [1.165, 1.54) is 20.0 Å². The third kappa shape index (κ3) is 5.07. The summed E-state index contributed by atoms with van der Waals surface area (Å²) in [7, 11) is 0. The van der Waals surface area contributed by atoms with Crippen LogP contribution in [0.1, 0.15) is 11.1 Å². The van der Waals surface area contributed by atoms with Crippen LogP contribution in [-0.4, -0.2) is 15.2 Å². The molecule has 3 aromatic carbocycles. The molecule has 0 aliphatic carbocycles. The first-order valence-corrected chi connectivity index (χ1v) is 9.44. The summed E-state index contributed by atoms with van der Waals surface area (Å²) in [5.74, 6) is -10.2. The van der Waals surface area contributed by atoms with Gasteiger partial charge in [-0.3, -0.25) is 0 Å². The summed E-state index contributed by atoms with van der Waals surface area (Å²) in [6.45, 7) is 4.39. The Morgan fingerprint density at radius 2 is 0.926 bits per heavy atom. The Morgan fingerprint density at radius 1 is 0.593 bits per heavy atom. The number of hydrogen-bond donors (Lipinski definition) is 0. The minimum Gasteiger partial charge on any atom is -0.774 e. The van der Waals surface area contributed by atoms with Crippen LogP contribution in [0.25, 0.3) is 0 Å². The molecule has 138 valence electrons. The summed E-state index contributed by atoms with van der Waals surface area (Å²) < 4.78 is 64.2. The van der Waals surface area contributed by atoms with Gasteiger partial charge in [-0.05, 0) is 0 Å². The van der Waals surface area contributed by atoms with Gasteiger partial charge in [0.25, 0.3) is 0 Å². The first kappa shape index (κ1) is 21.4. The van der Waals surface area contributed by atoms with E-state index in [1.54, 1.807) is 0 Å². The summed E-state index contributed by atoms with van der Waals surface area (Å²) in [5.41, 5.74) is 2.83. The van der Waals surface area contributed by atoms with Crippen LogP contribution >= 0.6 is 0 Å². The van der Waals surface area contributed by atoms with Gasteiger partial charge in [0, 0.05) is 0 Å². The molecule has 0 unspecified atom stereocenters. The van der Waals surface area contributed by atoms with Gasteiger partial charge in [0.1, 0.15) is 11.6 Å². The van der Waals surface area contributed by atoms with Crippen molar-refractivity contribution in [2.75, 3.05) is 0 Å². The van der Waals surface area contributed by atoms with E-state index in [2.05, 4.69) is 75.0 Å². The average molecular weight is 408 g/mol. The van der Waals surface area contributed by atoms with Crippen molar-refractivity contribution in [2.45, 2.75) is 18.7 Å². The van der Waals surface area contributed by atoms with Gasteiger partial charge in [0.05, 0.1) is 0 Å². The Bertz CT molecular complexity index is 811. The van der Waals surface area contributed by atoms with E-state index in [4.69, 9.17) is 0 Å². The molecule has 0 spiro atoms. The number of benzene rings is 3. The van der Waals surface area contributed by atoms with Gasteiger partial charge in [-0.25, -0.2) is 22.0 Å². The third-order valence-corrected chi connectivity index (χ3v) is 6.13. The molecule has 0 saturated heterocycles. The Morgan fingerprint density at radius 3 is 1.30 bits per heavy atom. The predicted molar refractivity (Wildman–Crippen MR) is 99.2 cm³/mol. The van der Waals surface area contributed by atoms with Gasteiger partial charge in [-0.2, -0.15) is 0 Å². The molecule has 0 bridgehead atoms. The summed E-state index contributed by atoms with van der Waals surface area (Å²) in [4.78, 5) is -1.29. The molecule has 3 rings (SSSR count). The Hall–Kier alpha value is -1.94. The van der Waals surface area contributed by atoms with Crippen LogP contribution in [-0.2, 0) is 12.6 Å². The molecule has 0 aliphatic rings. The molecule has 0 saturated carbocycles. The summed E-state index contributed by atoms with van der Waals surface area (Å²) in [6.07, 6.45) is 0. The maximum atomic E-state index is 12.3. The van der Waals surface area contributed by atoms with Crippen LogP contribution in [0.2, 0.25) is 0 Å². The van der Waals surface area contributed by atoms with Crippen molar-refractivity contribution in [3.05, 3.63) is 88.7 Å². The maximum absolute atomic E-state index is 12.3. The zero-order chi connectivity index (χ0) is 20.1. The van der Waals surface area contributed by atoms with E-state index in [-0.39, 0.29) is 15.2 Å². The van der Waals surface area contributed by atoms with Crippen molar-refractivity contribution in [1.82, 2.24) is 0 Å². The maximum Gasteiger partial charge on any atom is 0.200 e. The second-order valence-corrected chi connectivity index (χ2v) is 7.70. The van der Waals surface area contributed by atoms with E-state index in [0.29, 0.717) is 0 Å². The van der Waals surface area contributed by atoms with E-state index < -0.39 is 34.0 Å². The predicted octanol–water partition coefficient (Wildman–Crippen LogP) is 4.25. The fraction of sp³-hybridized carbons (Fsp3) is 0.100. The minimum absolute atomic E-state index is 0.241. The SMILES string of the molecule is Cc1cccc[c]1[Al+][c]1ccccc1C.Fc1c(F)c(F)c([S-])c(F)c1F. The molecule has 0 radical (unpaired) electrons. The fourth-order valence-corrected chi connectivity index (χ4v) is 3.83. The largest absolute Gasteiger partial charge is 0.774 e. The van der Waals surface area contributed by atoms with Gasteiger partial charge >= 0.3 is 97.6 Å². The summed E-state index contributed by atoms with van der Waals surface area (Å²) in [6, 6.07) is 17.4. The van der Waals surface area contributed by atoms with Crippen molar-refractivity contribution >= 4 is 36.7 Å². The Labute approximate surface area is 166 Å². The van der Waals surface area contributed by atoms with E-state index in [1.807, 2.05) is 0 Å². The van der Waals surface area contributed by atoms with E-state index in [9.17, 15) is 22.0 Å². The molecule has 0 nitrogen and oxygen atoms in total. The van der Waals surface area contributed by atoms with Crippen molar-refractivity contribution in [2.24, 2.45) is 0 Å². The van der Waals surface area contributed by atoms with Gasteiger partial charge in [-0.1, -0.05) is 4.90 Å². The number of hydrogen-bond acceptors (Lipinski definition) is 1. The van der Waals surface area contributed by atoms with Gasteiger partial charge in [-0.15, -0.1) is 0 Å². The van der Waals surface area contributed by atoms with Crippen molar-refractivity contribution in [1.29, 1.82) is 0 Å². The summed E-state index contributed by atoms with van der Waals surface area (Å²) >= 11 is 4.17. The zero-order valence-corrected chi connectivity index (χ0v) is 16.5. The normalized spacial score (nSPS) is 10.0. The number of rotatable bonds is 2. The van der Waals surface area contributed by atoms with Crippen LogP contribution in [0.5, 0.6) is 0 Å². The molecule has 27 heavy (non-hydrogen) atoms. The van der Waals surface area contributed by atoms with Gasteiger partial charge in [0.15, 0.2) is 17.5 Å². The molecule has 0 amide bonds. The molecular weight excluding hydrogens is 394 g/mol. The summed E-state index contributed by atoms with van der Waals surface area (Å²) in [5, 5.41) is 0. The van der Waals surface area contributed by atoms with Gasteiger partial charge < -0.3 is 12.6 Å². The smallest absolute Gasteiger partial charge is 0.200 e. The van der Waals surface area contributed by atoms with E-state index in [0.717, 1.165) is 0 Å². The molecule has 0 aliphatic heterocycles. The molecule has 0 atom stereocenters. The standard InChI is InChI=1S/2C7H7.C6HF5S.Al/c2*1-7-5-3-2-4-6-7;7-1-2(8)4(10)6(12)5(11)3(1)9;/h2*2-5H,1H3;12H;/q;;;+1/p-1. The molecule has 0 fully saturated rings. The topological polar surface area (TPSA) is 0 Å². The Kier molecular flexibility index (Phi) is 7.37. The zero-order valence-electron chi connectivity index (χ0n) is 14.5. The second kappa shape index (κ2) is 9.32. The van der Waals surface area contributed by atoms with E-state index >= 15 is 0 Å². The van der Waals surface area contributed by atoms with Crippen LogP contribution in [0, 0.1) is 42.9 Å². The molecule has 7 heteroatoms. The third-order valence-electron chi connectivity index (χ3n) is 3.86. The molecule has 0 N–H and O–H groups in total. The number of aryl methyl sites for hydroxylation is 2. The molecule has 0 heterocycles. The van der Waals surface area contributed by atoms with Crippen LogP contribution in [0.4, 0.5) is 22.0 Å².